The molecule has 0 saturated heterocycles. The minimum Gasteiger partial charge on any atom is -0.353 e. The zero-order valence-electron chi connectivity index (χ0n) is 13.3. The van der Waals surface area contributed by atoms with Gasteiger partial charge in [-0.1, -0.05) is 32.3 Å². The van der Waals surface area contributed by atoms with Crippen molar-refractivity contribution in [2.75, 3.05) is 5.32 Å². The lowest BCUT2D eigenvalue weighted by Gasteiger charge is -2.12. The van der Waals surface area contributed by atoms with Crippen molar-refractivity contribution in [3.05, 3.63) is 59.2 Å². The summed E-state index contributed by atoms with van der Waals surface area (Å²) < 4.78 is 26.6. The van der Waals surface area contributed by atoms with E-state index in [1.165, 1.54) is 48.9 Å². The minimum atomic E-state index is -0.579. The number of halogens is 2. The lowest BCUT2D eigenvalue weighted by Crippen LogP contribution is -1.97. The summed E-state index contributed by atoms with van der Waals surface area (Å²) in [6.45, 7) is 4.30. The average Bonchev–Trinajstić information content (AvgIpc) is 2.49. The van der Waals surface area contributed by atoms with Crippen LogP contribution >= 0.6 is 0 Å². The van der Waals surface area contributed by atoms with Crippen LogP contribution in [-0.4, -0.2) is 0 Å². The first kappa shape index (κ1) is 16.5. The number of aryl methyl sites for hydroxylation is 2. The Morgan fingerprint density at radius 2 is 1.77 bits per heavy atom. The summed E-state index contributed by atoms with van der Waals surface area (Å²) in [7, 11) is 0. The van der Waals surface area contributed by atoms with Gasteiger partial charge in [0.2, 0.25) is 0 Å². The maximum atomic E-state index is 13.7. The first-order chi connectivity index (χ1) is 10.6. The molecular weight excluding hydrogens is 280 g/mol. The molecule has 0 saturated carbocycles. The molecule has 2 aromatic carbocycles. The molecule has 0 unspecified atom stereocenters. The van der Waals surface area contributed by atoms with Crippen molar-refractivity contribution in [2.45, 2.75) is 46.0 Å². The van der Waals surface area contributed by atoms with Crippen LogP contribution in [0, 0.1) is 18.6 Å². The van der Waals surface area contributed by atoms with Crippen LogP contribution in [0.2, 0.25) is 0 Å². The molecule has 0 fully saturated rings. The summed E-state index contributed by atoms with van der Waals surface area (Å²) in [6, 6.07) is 9.59. The molecule has 0 radical (unpaired) electrons. The molecule has 0 amide bonds. The molecule has 0 aliphatic rings. The van der Waals surface area contributed by atoms with Crippen LogP contribution in [-0.2, 0) is 6.42 Å². The van der Waals surface area contributed by atoms with Gasteiger partial charge in [0, 0.05) is 11.8 Å². The Hall–Kier alpha value is -1.90. The fourth-order valence-electron chi connectivity index (χ4n) is 2.51. The highest BCUT2D eigenvalue weighted by Gasteiger charge is 2.06. The van der Waals surface area contributed by atoms with E-state index in [4.69, 9.17) is 0 Å². The molecular formula is C19H23F2N. The molecule has 0 aliphatic heterocycles. The van der Waals surface area contributed by atoms with Gasteiger partial charge in [0.25, 0.3) is 0 Å². The molecule has 3 heteroatoms. The number of benzene rings is 2. The lowest BCUT2D eigenvalue weighted by molar-refractivity contribution is 0.586. The van der Waals surface area contributed by atoms with Gasteiger partial charge in [-0.25, -0.2) is 8.78 Å². The van der Waals surface area contributed by atoms with E-state index in [-0.39, 0.29) is 0 Å². The van der Waals surface area contributed by atoms with Crippen LogP contribution in [0.3, 0.4) is 0 Å². The van der Waals surface area contributed by atoms with Gasteiger partial charge in [0.1, 0.15) is 11.6 Å². The van der Waals surface area contributed by atoms with Crippen LogP contribution in [0.4, 0.5) is 20.2 Å². The second kappa shape index (κ2) is 7.92. The monoisotopic (exact) mass is 303 g/mol. The van der Waals surface area contributed by atoms with E-state index in [2.05, 4.69) is 25.2 Å². The van der Waals surface area contributed by atoms with Crippen molar-refractivity contribution in [3.8, 4) is 0 Å². The summed E-state index contributed by atoms with van der Waals surface area (Å²) in [5.74, 6) is -1.14. The fourth-order valence-corrected chi connectivity index (χ4v) is 2.51. The molecule has 2 aromatic rings. The Kier molecular flexibility index (Phi) is 5.93. The van der Waals surface area contributed by atoms with Gasteiger partial charge < -0.3 is 5.32 Å². The van der Waals surface area contributed by atoms with E-state index >= 15 is 0 Å². The van der Waals surface area contributed by atoms with E-state index in [9.17, 15) is 8.78 Å². The zero-order valence-corrected chi connectivity index (χ0v) is 13.3. The molecule has 1 N–H and O–H groups in total. The Balaban J connectivity index is 2.08. The van der Waals surface area contributed by atoms with Gasteiger partial charge >= 0.3 is 0 Å². The van der Waals surface area contributed by atoms with Crippen molar-refractivity contribution < 1.29 is 8.78 Å². The largest absolute Gasteiger partial charge is 0.353 e. The molecule has 0 aromatic heterocycles. The number of unbranched alkanes of at least 4 members (excludes halogenated alkanes) is 3. The first-order valence-electron chi connectivity index (χ1n) is 7.91. The highest BCUT2D eigenvalue weighted by atomic mass is 19.1. The predicted molar refractivity (Wildman–Crippen MR) is 88.7 cm³/mol. The van der Waals surface area contributed by atoms with Crippen LogP contribution in [0.15, 0.2) is 36.4 Å². The highest BCUT2D eigenvalue weighted by molar-refractivity contribution is 5.61. The Morgan fingerprint density at radius 3 is 2.50 bits per heavy atom. The zero-order chi connectivity index (χ0) is 15.9. The molecule has 0 heterocycles. The number of hydrogen-bond acceptors (Lipinski definition) is 1. The second-order valence-corrected chi connectivity index (χ2v) is 5.70. The summed E-state index contributed by atoms with van der Waals surface area (Å²) >= 11 is 0. The van der Waals surface area contributed by atoms with Gasteiger partial charge in [0.15, 0.2) is 0 Å². The Morgan fingerprint density at radius 1 is 0.955 bits per heavy atom. The SMILES string of the molecule is CCCCCCc1cc(Nc2ccc(F)cc2F)ccc1C. The number of anilines is 2. The van der Waals surface area contributed by atoms with Gasteiger partial charge in [-0.3, -0.25) is 0 Å². The van der Waals surface area contributed by atoms with E-state index in [0.717, 1.165) is 18.2 Å². The summed E-state index contributed by atoms with van der Waals surface area (Å²) in [5.41, 5.74) is 3.66. The standard InChI is InChI=1S/C19H23F2N/c1-3-4-5-6-7-15-12-17(10-8-14(15)2)22-19-11-9-16(20)13-18(19)21/h8-13,22H,3-7H2,1-2H3. The maximum absolute atomic E-state index is 13.7. The summed E-state index contributed by atoms with van der Waals surface area (Å²) in [4.78, 5) is 0. The highest BCUT2D eigenvalue weighted by Crippen LogP contribution is 2.23. The third-order valence-electron chi connectivity index (χ3n) is 3.86. The van der Waals surface area contributed by atoms with E-state index < -0.39 is 11.6 Å². The van der Waals surface area contributed by atoms with E-state index in [1.807, 2.05) is 12.1 Å². The average molecular weight is 303 g/mol. The van der Waals surface area contributed by atoms with Crippen molar-refractivity contribution in [2.24, 2.45) is 0 Å². The van der Waals surface area contributed by atoms with Gasteiger partial charge in [0.05, 0.1) is 5.69 Å². The predicted octanol–water partition coefficient (Wildman–Crippen LogP) is 6.14. The van der Waals surface area contributed by atoms with Gasteiger partial charge in [-0.2, -0.15) is 0 Å². The van der Waals surface area contributed by atoms with E-state index in [1.54, 1.807) is 0 Å². The third-order valence-corrected chi connectivity index (χ3v) is 3.86. The van der Waals surface area contributed by atoms with Crippen LogP contribution in [0.5, 0.6) is 0 Å². The molecule has 22 heavy (non-hydrogen) atoms. The topological polar surface area (TPSA) is 12.0 Å². The first-order valence-corrected chi connectivity index (χ1v) is 7.91. The quantitative estimate of drug-likeness (QED) is 0.606. The van der Waals surface area contributed by atoms with E-state index in [0.29, 0.717) is 5.69 Å². The number of nitrogens with one attached hydrogen (secondary N) is 1. The van der Waals surface area contributed by atoms with Gasteiger partial charge in [-0.15, -0.1) is 0 Å². The number of rotatable bonds is 7. The number of hydrogen-bond donors (Lipinski definition) is 1. The molecule has 0 spiro atoms. The minimum absolute atomic E-state index is 0.294. The summed E-state index contributed by atoms with van der Waals surface area (Å²) in [6.07, 6.45) is 5.93. The Labute approximate surface area is 131 Å². The summed E-state index contributed by atoms with van der Waals surface area (Å²) in [5, 5.41) is 3.03. The van der Waals surface area contributed by atoms with Crippen LogP contribution in [0.25, 0.3) is 0 Å². The molecule has 1 nitrogen and oxygen atoms in total. The third kappa shape index (κ3) is 4.55. The Bertz CT molecular complexity index is 623. The van der Waals surface area contributed by atoms with Crippen molar-refractivity contribution in [3.63, 3.8) is 0 Å². The smallest absolute Gasteiger partial charge is 0.149 e. The van der Waals surface area contributed by atoms with Crippen molar-refractivity contribution >= 4 is 11.4 Å². The maximum Gasteiger partial charge on any atom is 0.149 e. The molecule has 0 aliphatic carbocycles. The molecule has 118 valence electrons. The molecule has 2 rings (SSSR count). The van der Waals surface area contributed by atoms with Gasteiger partial charge in [-0.05, 0) is 55.2 Å². The van der Waals surface area contributed by atoms with Crippen molar-refractivity contribution in [1.82, 2.24) is 0 Å². The lowest BCUT2D eigenvalue weighted by atomic mass is 10.0. The second-order valence-electron chi connectivity index (χ2n) is 5.70. The molecule has 0 atom stereocenters. The van der Waals surface area contributed by atoms with Crippen LogP contribution < -0.4 is 5.32 Å². The van der Waals surface area contributed by atoms with Crippen molar-refractivity contribution in [1.29, 1.82) is 0 Å². The molecule has 0 bridgehead atoms. The van der Waals surface area contributed by atoms with Crippen LogP contribution in [0.1, 0.15) is 43.7 Å². The fraction of sp³-hybridized carbons (Fsp3) is 0.368. The normalized spacial score (nSPS) is 10.7.